The number of aldehydes is 1. The summed E-state index contributed by atoms with van der Waals surface area (Å²) in [7, 11) is 0. The zero-order valence-electron chi connectivity index (χ0n) is 7.99. The number of aliphatic hydroxyl groups excluding tert-OH is 1. The van der Waals surface area contributed by atoms with Crippen molar-refractivity contribution in [3.8, 4) is 11.5 Å². The number of hydrogen-bond donors (Lipinski definition) is 1. The third-order valence-corrected chi connectivity index (χ3v) is 2.52. The zero-order valence-corrected chi connectivity index (χ0v) is 8.75. The predicted molar refractivity (Wildman–Crippen MR) is 53.6 cm³/mol. The van der Waals surface area contributed by atoms with Crippen molar-refractivity contribution in [2.45, 2.75) is 13.0 Å². The lowest BCUT2D eigenvalue weighted by atomic mass is 10.1. The molecule has 0 spiro atoms. The van der Waals surface area contributed by atoms with Gasteiger partial charge in [-0.1, -0.05) is 11.6 Å². The minimum Gasteiger partial charge on any atom is -0.453 e. The summed E-state index contributed by atoms with van der Waals surface area (Å²) in [4.78, 5) is 10.7. The van der Waals surface area contributed by atoms with E-state index in [1.807, 2.05) is 0 Å². The molecule has 1 aromatic carbocycles. The second kappa shape index (κ2) is 3.72. The molecule has 1 heterocycles. The van der Waals surface area contributed by atoms with E-state index in [0.717, 1.165) is 0 Å². The highest BCUT2D eigenvalue weighted by Crippen LogP contribution is 2.44. The molecule has 1 aromatic rings. The second-order valence-electron chi connectivity index (χ2n) is 3.22. The summed E-state index contributed by atoms with van der Waals surface area (Å²) in [6, 6.07) is 1.46. The third-order valence-electron chi connectivity index (χ3n) is 2.20. The Labute approximate surface area is 91.4 Å². The molecular formula is C10H9ClO4. The number of fused-ring (bicyclic) bond motifs is 1. The Morgan fingerprint density at radius 2 is 2.20 bits per heavy atom. The highest BCUT2D eigenvalue weighted by atomic mass is 35.5. The minimum absolute atomic E-state index is 0.0379. The monoisotopic (exact) mass is 228 g/mol. The van der Waals surface area contributed by atoms with Crippen LogP contribution in [0.25, 0.3) is 0 Å². The average Bonchev–Trinajstić information content (AvgIpc) is 2.63. The number of hydrogen-bond acceptors (Lipinski definition) is 4. The largest absolute Gasteiger partial charge is 0.453 e. The molecule has 1 N–H and O–H groups in total. The summed E-state index contributed by atoms with van der Waals surface area (Å²) in [6.45, 7) is 1.61. The summed E-state index contributed by atoms with van der Waals surface area (Å²) in [5.74, 6) is 0.713. The maximum Gasteiger partial charge on any atom is 0.231 e. The van der Waals surface area contributed by atoms with E-state index >= 15 is 0 Å². The van der Waals surface area contributed by atoms with Crippen LogP contribution in [0.2, 0.25) is 5.02 Å². The smallest absolute Gasteiger partial charge is 0.231 e. The van der Waals surface area contributed by atoms with Crippen LogP contribution in [0.4, 0.5) is 0 Å². The van der Waals surface area contributed by atoms with Crippen LogP contribution in [-0.2, 0) is 0 Å². The van der Waals surface area contributed by atoms with Crippen LogP contribution < -0.4 is 9.47 Å². The van der Waals surface area contributed by atoms with Gasteiger partial charge in [0.1, 0.15) is 0 Å². The minimum atomic E-state index is -0.770. The quantitative estimate of drug-likeness (QED) is 0.786. The van der Waals surface area contributed by atoms with E-state index in [9.17, 15) is 9.90 Å². The number of aliphatic hydroxyl groups is 1. The van der Waals surface area contributed by atoms with Crippen molar-refractivity contribution in [2.24, 2.45) is 0 Å². The predicted octanol–water partition coefficient (Wildman–Crippen LogP) is 1.93. The summed E-state index contributed by atoms with van der Waals surface area (Å²) in [5, 5.41) is 9.83. The molecule has 5 heteroatoms. The van der Waals surface area contributed by atoms with Crippen LogP contribution in [0.1, 0.15) is 28.9 Å². The molecule has 15 heavy (non-hydrogen) atoms. The van der Waals surface area contributed by atoms with Gasteiger partial charge in [-0.15, -0.1) is 0 Å². The molecule has 0 saturated heterocycles. The lowest BCUT2D eigenvalue weighted by molar-refractivity contribution is 0.111. The fourth-order valence-electron chi connectivity index (χ4n) is 1.56. The highest BCUT2D eigenvalue weighted by Gasteiger charge is 2.26. The van der Waals surface area contributed by atoms with Crippen LogP contribution >= 0.6 is 11.6 Å². The second-order valence-corrected chi connectivity index (χ2v) is 3.63. The van der Waals surface area contributed by atoms with Gasteiger partial charge in [0.2, 0.25) is 6.79 Å². The van der Waals surface area contributed by atoms with Gasteiger partial charge in [0.25, 0.3) is 0 Å². The van der Waals surface area contributed by atoms with Crippen molar-refractivity contribution < 1.29 is 19.4 Å². The van der Waals surface area contributed by atoms with E-state index < -0.39 is 6.10 Å². The van der Waals surface area contributed by atoms with Gasteiger partial charge in [-0.05, 0) is 13.0 Å². The van der Waals surface area contributed by atoms with Crippen molar-refractivity contribution in [1.29, 1.82) is 0 Å². The van der Waals surface area contributed by atoms with E-state index in [4.69, 9.17) is 21.1 Å². The molecule has 1 aliphatic rings. The summed E-state index contributed by atoms with van der Waals surface area (Å²) >= 11 is 5.93. The van der Waals surface area contributed by atoms with Gasteiger partial charge in [0.05, 0.1) is 16.7 Å². The number of rotatable bonds is 2. The Morgan fingerprint density at radius 3 is 2.80 bits per heavy atom. The van der Waals surface area contributed by atoms with E-state index in [1.54, 1.807) is 6.92 Å². The maximum atomic E-state index is 10.7. The van der Waals surface area contributed by atoms with Crippen molar-refractivity contribution in [3.05, 3.63) is 22.2 Å². The summed E-state index contributed by atoms with van der Waals surface area (Å²) in [5.41, 5.74) is 0.784. The van der Waals surface area contributed by atoms with Gasteiger partial charge < -0.3 is 14.6 Å². The topological polar surface area (TPSA) is 55.8 Å². The molecule has 0 bridgehead atoms. The Morgan fingerprint density at radius 1 is 1.53 bits per heavy atom. The molecule has 0 aliphatic carbocycles. The lowest BCUT2D eigenvalue weighted by Gasteiger charge is -2.11. The fourth-order valence-corrected chi connectivity index (χ4v) is 1.92. The van der Waals surface area contributed by atoms with Gasteiger partial charge >= 0.3 is 0 Å². The number of ether oxygens (including phenoxy) is 2. The molecule has 2 rings (SSSR count). The van der Waals surface area contributed by atoms with Crippen LogP contribution in [0.5, 0.6) is 11.5 Å². The van der Waals surface area contributed by atoms with Crippen molar-refractivity contribution >= 4 is 17.9 Å². The molecule has 80 valence electrons. The Bertz CT molecular complexity index is 414. The van der Waals surface area contributed by atoms with E-state index in [0.29, 0.717) is 33.9 Å². The van der Waals surface area contributed by atoms with Gasteiger partial charge in [0, 0.05) is 5.56 Å². The molecule has 4 nitrogen and oxygen atoms in total. The molecule has 0 aromatic heterocycles. The molecule has 0 radical (unpaired) electrons. The normalized spacial score (nSPS) is 15.1. The lowest BCUT2D eigenvalue weighted by Crippen LogP contribution is -1.97. The highest BCUT2D eigenvalue weighted by molar-refractivity contribution is 6.32. The Kier molecular flexibility index (Phi) is 2.54. The van der Waals surface area contributed by atoms with Gasteiger partial charge in [-0.3, -0.25) is 4.79 Å². The first kappa shape index (κ1) is 10.3. The number of benzene rings is 1. The SMILES string of the molecule is CC(O)c1c(Cl)cc(C=O)c2c1OCO2. The molecular weight excluding hydrogens is 220 g/mol. The molecule has 0 amide bonds. The number of halogens is 1. The fraction of sp³-hybridized carbons (Fsp3) is 0.300. The van der Waals surface area contributed by atoms with Crippen LogP contribution in [0.15, 0.2) is 6.07 Å². The summed E-state index contributed by atoms with van der Waals surface area (Å²) in [6.07, 6.45) is -0.126. The molecule has 1 atom stereocenters. The van der Waals surface area contributed by atoms with E-state index in [1.165, 1.54) is 6.07 Å². The summed E-state index contributed by atoms with van der Waals surface area (Å²) < 4.78 is 10.3. The molecule has 1 aliphatic heterocycles. The molecule has 0 saturated carbocycles. The van der Waals surface area contributed by atoms with Gasteiger partial charge in [-0.25, -0.2) is 0 Å². The van der Waals surface area contributed by atoms with Crippen molar-refractivity contribution in [1.82, 2.24) is 0 Å². The first-order valence-electron chi connectivity index (χ1n) is 4.40. The van der Waals surface area contributed by atoms with Gasteiger partial charge in [0.15, 0.2) is 17.8 Å². The standard InChI is InChI=1S/C10H9ClO4/c1-5(13)8-7(11)2-6(3-12)9-10(8)15-4-14-9/h2-3,5,13H,4H2,1H3. The van der Waals surface area contributed by atoms with Gasteiger partial charge in [-0.2, -0.15) is 0 Å². The first-order valence-corrected chi connectivity index (χ1v) is 4.78. The number of carbonyl (C=O) groups excluding carboxylic acids is 1. The Balaban J connectivity index is 2.68. The third kappa shape index (κ3) is 1.56. The van der Waals surface area contributed by atoms with Crippen molar-refractivity contribution in [3.63, 3.8) is 0 Å². The maximum absolute atomic E-state index is 10.7. The van der Waals surface area contributed by atoms with Crippen LogP contribution in [0.3, 0.4) is 0 Å². The average molecular weight is 229 g/mol. The Hall–Kier alpha value is -1.26. The molecule has 1 unspecified atom stereocenters. The van der Waals surface area contributed by atoms with E-state index in [2.05, 4.69) is 0 Å². The van der Waals surface area contributed by atoms with E-state index in [-0.39, 0.29) is 6.79 Å². The molecule has 0 fully saturated rings. The zero-order chi connectivity index (χ0) is 11.0. The number of carbonyl (C=O) groups is 1. The van der Waals surface area contributed by atoms with Crippen LogP contribution in [-0.4, -0.2) is 18.2 Å². The first-order chi connectivity index (χ1) is 7.15. The van der Waals surface area contributed by atoms with Crippen molar-refractivity contribution in [2.75, 3.05) is 6.79 Å². The van der Waals surface area contributed by atoms with Crippen LogP contribution in [0, 0.1) is 0 Å².